The highest BCUT2D eigenvalue weighted by molar-refractivity contribution is 5.92. The SMILES string of the molecule is C=CC(=O)OC(C)(C)OC(=O)/C=C\C(=O)OC(C)(C)OC(=O)C=C. The molecule has 8 nitrogen and oxygen atoms in total. The molecular weight excluding hydrogens is 320 g/mol. The van der Waals surface area contributed by atoms with E-state index in [1.165, 1.54) is 27.7 Å². The molecule has 0 radical (unpaired) electrons. The number of hydrogen-bond donors (Lipinski definition) is 0. The molecule has 0 heterocycles. The lowest BCUT2D eigenvalue weighted by Gasteiger charge is -2.24. The Morgan fingerprint density at radius 1 is 0.625 bits per heavy atom. The van der Waals surface area contributed by atoms with E-state index in [-0.39, 0.29) is 0 Å². The Morgan fingerprint density at radius 2 is 0.875 bits per heavy atom. The summed E-state index contributed by atoms with van der Waals surface area (Å²) in [4.78, 5) is 45.3. The Kier molecular flexibility index (Phi) is 7.61. The van der Waals surface area contributed by atoms with Gasteiger partial charge in [-0.2, -0.15) is 0 Å². The van der Waals surface area contributed by atoms with Crippen LogP contribution in [0.2, 0.25) is 0 Å². The first-order valence-electron chi connectivity index (χ1n) is 6.75. The Morgan fingerprint density at radius 3 is 1.12 bits per heavy atom. The van der Waals surface area contributed by atoms with Crippen LogP contribution in [0.1, 0.15) is 27.7 Å². The van der Waals surface area contributed by atoms with Gasteiger partial charge >= 0.3 is 23.9 Å². The minimum absolute atomic E-state index is 0.775. The molecule has 0 aromatic carbocycles. The van der Waals surface area contributed by atoms with E-state index >= 15 is 0 Å². The smallest absolute Gasteiger partial charge is 0.334 e. The Balaban J connectivity index is 4.61. The molecule has 0 unspecified atom stereocenters. The van der Waals surface area contributed by atoms with Crippen molar-refractivity contribution in [2.75, 3.05) is 0 Å². The minimum Gasteiger partial charge on any atom is -0.420 e. The molecule has 8 heteroatoms. The van der Waals surface area contributed by atoms with Crippen molar-refractivity contribution in [3.05, 3.63) is 37.5 Å². The van der Waals surface area contributed by atoms with Crippen LogP contribution < -0.4 is 0 Å². The van der Waals surface area contributed by atoms with Gasteiger partial charge in [0.25, 0.3) is 11.6 Å². The number of ether oxygens (including phenoxy) is 4. The number of carbonyl (C=O) groups is 4. The van der Waals surface area contributed by atoms with E-state index in [1.54, 1.807) is 0 Å². The van der Waals surface area contributed by atoms with Crippen molar-refractivity contribution in [2.24, 2.45) is 0 Å². The average Bonchev–Trinajstić information content (AvgIpc) is 2.42. The molecule has 0 fully saturated rings. The zero-order valence-electron chi connectivity index (χ0n) is 14.0. The highest BCUT2D eigenvalue weighted by Gasteiger charge is 2.27. The summed E-state index contributed by atoms with van der Waals surface area (Å²) in [6.07, 6.45) is 3.37. The van der Waals surface area contributed by atoms with Crippen molar-refractivity contribution in [2.45, 2.75) is 39.3 Å². The second-order valence-electron chi connectivity index (χ2n) is 5.23. The lowest BCUT2D eigenvalue weighted by atomic mass is 10.3. The van der Waals surface area contributed by atoms with Crippen LogP contribution in [0.4, 0.5) is 0 Å². The minimum atomic E-state index is -1.55. The Bertz CT molecular complexity index is 519. The molecule has 0 atom stereocenters. The molecule has 0 rings (SSSR count). The van der Waals surface area contributed by atoms with Crippen LogP contribution in [-0.4, -0.2) is 35.5 Å². The third-order valence-electron chi connectivity index (χ3n) is 2.07. The van der Waals surface area contributed by atoms with Crippen molar-refractivity contribution in [3.63, 3.8) is 0 Å². The van der Waals surface area contributed by atoms with Crippen LogP contribution in [0.3, 0.4) is 0 Å². The van der Waals surface area contributed by atoms with E-state index in [9.17, 15) is 19.2 Å². The summed E-state index contributed by atoms with van der Waals surface area (Å²) in [7, 11) is 0. The number of carbonyl (C=O) groups excluding carboxylic acids is 4. The molecule has 0 aliphatic heterocycles. The van der Waals surface area contributed by atoms with Crippen LogP contribution in [0.15, 0.2) is 37.5 Å². The Labute approximate surface area is 139 Å². The van der Waals surface area contributed by atoms with Crippen LogP contribution >= 0.6 is 0 Å². The standard InChI is InChI=1S/C16H20O8/c1-7-11(17)21-15(3,4)23-13(19)9-10-14(20)24-16(5,6)22-12(18)8-2/h7-10H,1-2H2,3-6H3/b10-9-. The molecule has 24 heavy (non-hydrogen) atoms. The highest BCUT2D eigenvalue weighted by Crippen LogP contribution is 2.14. The van der Waals surface area contributed by atoms with Gasteiger partial charge in [0.15, 0.2) is 0 Å². The molecule has 0 N–H and O–H groups in total. The molecule has 0 aliphatic carbocycles. The first-order chi connectivity index (χ1) is 10.9. The molecular formula is C16H20O8. The topological polar surface area (TPSA) is 105 Å². The zero-order chi connectivity index (χ0) is 19.0. The van der Waals surface area contributed by atoms with E-state index in [4.69, 9.17) is 18.9 Å². The monoisotopic (exact) mass is 340 g/mol. The van der Waals surface area contributed by atoms with E-state index < -0.39 is 35.5 Å². The summed E-state index contributed by atoms with van der Waals surface area (Å²) < 4.78 is 19.3. The number of rotatable bonds is 8. The summed E-state index contributed by atoms with van der Waals surface area (Å²) in [5.74, 6) is -6.54. The van der Waals surface area contributed by atoms with Crippen LogP contribution in [0, 0.1) is 0 Å². The molecule has 0 spiro atoms. The van der Waals surface area contributed by atoms with Gasteiger partial charge in [-0.05, 0) is 0 Å². The average molecular weight is 340 g/mol. The highest BCUT2D eigenvalue weighted by atomic mass is 16.7. The normalized spacial score (nSPS) is 11.3. The van der Waals surface area contributed by atoms with E-state index in [2.05, 4.69) is 13.2 Å². The molecule has 132 valence electrons. The summed E-state index contributed by atoms with van der Waals surface area (Å²) >= 11 is 0. The third kappa shape index (κ3) is 9.19. The first kappa shape index (κ1) is 21.1. The summed E-state index contributed by atoms with van der Waals surface area (Å²) in [6, 6.07) is 0. The number of hydrogen-bond acceptors (Lipinski definition) is 8. The van der Waals surface area contributed by atoms with E-state index in [0.29, 0.717) is 0 Å². The summed E-state index contributed by atoms with van der Waals surface area (Å²) in [5.41, 5.74) is 0. The molecule has 0 amide bonds. The van der Waals surface area contributed by atoms with Gasteiger partial charge in [-0.1, -0.05) is 13.2 Å². The largest absolute Gasteiger partial charge is 0.420 e. The maximum absolute atomic E-state index is 11.6. The van der Waals surface area contributed by atoms with Gasteiger partial charge in [0.1, 0.15) is 0 Å². The molecule has 0 saturated carbocycles. The quantitative estimate of drug-likeness (QED) is 0.372. The predicted octanol–water partition coefficient (Wildman–Crippen LogP) is 1.56. The van der Waals surface area contributed by atoms with Gasteiger partial charge in [0.05, 0.1) is 0 Å². The Hall–Kier alpha value is -2.90. The van der Waals surface area contributed by atoms with Crippen LogP contribution in [-0.2, 0) is 38.1 Å². The van der Waals surface area contributed by atoms with Gasteiger partial charge in [0, 0.05) is 52.0 Å². The second-order valence-corrected chi connectivity index (χ2v) is 5.23. The van der Waals surface area contributed by atoms with E-state index in [1.807, 2.05) is 0 Å². The van der Waals surface area contributed by atoms with E-state index in [0.717, 1.165) is 24.3 Å². The fourth-order valence-electron chi connectivity index (χ4n) is 1.30. The summed E-state index contributed by atoms with van der Waals surface area (Å²) in [6.45, 7) is 11.7. The molecule has 0 aromatic heterocycles. The van der Waals surface area contributed by atoms with Gasteiger partial charge in [-0.3, -0.25) is 0 Å². The van der Waals surface area contributed by atoms with Crippen molar-refractivity contribution < 1.29 is 38.1 Å². The van der Waals surface area contributed by atoms with Gasteiger partial charge < -0.3 is 18.9 Å². The molecule has 0 aromatic rings. The molecule has 0 saturated heterocycles. The maximum atomic E-state index is 11.6. The maximum Gasteiger partial charge on any atom is 0.334 e. The summed E-state index contributed by atoms with van der Waals surface area (Å²) in [5, 5.41) is 0. The van der Waals surface area contributed by atoms with Crippen molar-refractivity contribution in [1.29, 1.82) is 0 Å². The van der Waals surface area contributed by atoms with Gasteiger partial charge in [-0.15, -0.1) is 0 Å². The van der Waals surface area contributed by atoms with Crippen molar-refractivity contribution >= 4 is 23.9 Å². The third-order valence-corrected chi connectivity index (χ3v) is 2.07. The first-order valence-corrected chi connectivity index (χ1v) is 6.75. The number of esters is 4. The van der Waals surface area contributed by atoms with Crippen molar-refractivity contribution in [1.82, 2.24) is 0 Å². The zero-order valence-corrected chi connectivity index (χ0v) is 14.0. The predicted molar refractivity (Wildman–Crippen MR) is 82.1 cm³/mol. The van der Waals surface area contributed by atoms with Crippen LogP contribution in [0.25, 0.3) is 0 Å². The lowest BCUT2D eigenvalue weighted by molar-refractivity contribution is -0.212. The van der Waals surface area contributed by atoms with Gasteiger partial charge in [-0.25, -0.2) is 19.2 Å². The van der Waals surface area contributed by atoms with Crippen LogP contribution in [0.5, 0.6) is 0 Å². The fourth-order valence-corrected chi connectivity index (χ4v) is 1.30. The second kappa shape index (κ2) is 8.66. The van der Waals surface area contributed by atoms with Gasteiger partial charge in [0.2, 0.25) is 0 Å². The van der Waals surface area contributed by atoms with Crippen molar-refractivity contribution in [3.8, 4) is 0 Å². The molecule has 0 bridgehead atoms. The molecule has 0 aliphatic rings. The fraction of sp³-hybridized carbons (Fsp3) is 0.375. The lowest BCUT2D eigenvalue weighted by Crippen LogP contribution is -2.33.